The molecule has 0 radical (unpaired) electrons. The summed E-state index contributed by atoms with van der Waals surface area (Å²) in [7, 11) is 0. The maximum Gasteiger partial charge on any atom is 0 e. The fourth-order valence-electron chi connectivity index (χ4n) is 1.32. The Labute approximate surface area is 110 Å². The van der Waals surface area contributed by atoms with Crippen LogP contribution in [0.5, 0.6) is 0 Å². The monoisotopic (exact) mass is 291 g/mol. The predicted octanol–water partition coefficient (Wildman–Crippen LogP) is 3.71. The molecule has 0 fully saturated rings. The van der Waals surface area contributed by atoms with Crippen molar-refractivity contribution in [3.63, 3.8) is 0 Å². The molecule has 0 aliphatic heterocycles. The number of rotatable bonds is 0. The molecule has 0 aliphatic rings. The number of benzene rings is 1. The van der Waals surface area contributed by atoms with Crippen LogP contribution in [0, 0.1) is 6.92 Å². The van der Waals surface area contributed by atoms with Gasteiger partial charge in [-0.25, -0.2) is 0 Å². The molecule has 13 heavy (non-hydrogen) atoms. The van der Waals surface area contributed by atoms with Crippen molar-refractivity contribution in [2.75, 3.05) is 0 Å². The molecule has 0 spiro atoms. The summed E-state index contributed by atoms with van der Waals surface area (Å²) in [5.41, 5.74) is 1.36. The number of aryl methyl sites for hydroxylation is 1. The molecule has 0 atom stereocenters. The molecule has 0 unspecified atom stereocenters. The van der Waals surface area contributed by atoms with Gasteiger partial charge in [0.25, 0.3) is 0 Å². The maximum absolute atomic E-state index is 2.16. The van der Waals surface area contributed by atoms with Crippen molar-refractivity contribution in [3.8, 4) is 0 Å². The molecule has 2 aromatic carbocycles. The summed E-state index contributed by atoms with van der Waals surface area (Å²) in [6.07, 6.45) is 0. The second-order valence-corrected chi connectivity index (χ2v) is 2.60. The van der Waals surface area contributed by atoms with Gasteiger partial charge in [0, 0.05) is 26.2 Å². The first kappa shape index (κ1) is 15.8. The third-order valence-corrected chi connectivity index (χ3v) is 1.90. The van der Waals surface area contributed by atoms with Crippen molar-refractivity contribution in [3.05, 3.63) is 42.0 Å². The van der Waals surface area contributed by atoms with Crippen LogP contribution in [0.2, 0.25) is 0 Å². The van der Waals surface area contributed by atoms with E-state index in [-0.39, 0.29) is 51.0 Å². The second kappa shape index (κ2) is 6.70. The largest absolute Gasteiger partial charge is 0.168 e. The van der Waals surface area contributed by atoms with E-state index in [0.29, 0.717) is 0 Å². The summed E-state index contributed by atoms with van der Waals surface area (Å²) in [5, 5.41) is 2.72. The van der Waals surface area contributed by atoms with Crippen LogP contribution in [0.25, 0.3) is 10.8 Å². The van der Waals surface area contributed by atoms with Crippen molar-refractivity contribution < 1.29 is 26.2 Å². The van der Waals surface area contributed by atoms with E-state index in [2.05, 4.69) is 43.3 Å². The Hall–Kier alpha value is 0.293. The Morgan fingerprint density at radius 1 is 1.08 bits per heavy atom. The molecule has 0 bridgehead atoms. The van der Waals surface area contributed by atoms with Crippen molar-refractivity contribution in [2.24, 2.45) is 0 Å². The van der Waals surface area contributed by atoms with E-state index >= 15 is 0 Å². The Bertz CT molecular complexity index is 354. The Morgan fingerprint density at radius 3 is 2.38 bits per heavy atom. The predicted molar refractivity (Wildman–Crippen MR) is 58.8 cm³/mol. The van der Waals surface area contributed by atoms with Crippen LogP contribution >= 0.6 is 24.8 Å². The smallest absolute Gasteiger partial charge is 0 e. The minimum absolute atomic E-state index is 0. The van der Waals surface area contributed by atoms with Crippen LogP contribution < -0.4 is 0 Å². The molecule has 70 valence electrons. The van der Waals surface area contributed by atoms with Gasteiger partial charge in [0.2, 0.25) is 0 Å². The van der Waals surface area contributed by atoms with E-state index < -0.39 is 0 Å². The van der Waals surface area contributed by atoms with Gasteiger partial charge < -0.3 is 0 Å². The molecular formula is C10H11Cl2Zr-. The first-order valence-electron chi connectivity index (χ1n) is 3.49. The molecule has 0 heterocycles. The summed E-state index contributed by atoms with van der Waals surface area (Å²) in [6, 6.07) is 12.8. The molecule has 0 saturated carbocycles. The van der Waals surface area contributed by atoms with Crippen LogP contribution in [0.15, 0.2) is 36.4 Å². The fourth-order valence-corrected chi connectivity index (χ4v) is 1.32. The van der Waals surface area contributed by atoms with E-state index in [1.807, 2.05) is 0 Å². The second-order valence-electron chi connectivity index (χ2n) is 2.60. The SMILES string of the molecule is Cc1cccc2[cH-]ccc12.Cl.Cl.[Zr]. The van der Waals surface area contributed by atoms with Gasteiger partial charge in [0.1, 0.15) is 0 Å². The quantitative estimate of drug-likeness (QED) is 0.650. The normalized spacial score (nSPS) is 8.08. The van der Waals surface area contributed by atoms with Crippen molar-refractivity contribution in [2.45, 2.75) is 6.92 Å². The molecule has 0 amide bonds. The van der Waals surface area contributed by atoms with Crippen LogP contribution in [0.4, 0.5) is 0 Å². The van der Waals surface area contributed by atoms with Gasteiger partial charge in [-0.15, -0.1) is 53.8 Å². The fraction of sp³-hybridized carbons (Fsp3) is 0.100. The van der Waals surface area contributed by atoms with Crippen molar-refractivity contribution in [1.29, 1.82) is 0 Å². The van der Waals surface area contributed by atoms with E-state index in [4.69, 9.17) is 0 Å². The van der Waals surface area contributed by atoms with E-state index in [9.17, 15) is 0 Å². The van der Waals surface area contributed by atoms with E-state index in [0.717, 1.165) is 0 Å². The summed E-state index contributed by atoms with van der Waals surface area (Å²) < 4.78 is 0. The molecule has 0 aromatic heterocycles. The third kappa shape index (κ3) is 3.16. The van der Waals surface area contributed by atoms with Gasteiger partial charge in [-0.05, 0) is 6.92 Å². The van der Waals surface area contributed by atoms with E-state index in [1.54, 1.807) is 0 Å². The van der Waals surface area contributed by atoms with Crippen LogP contribution in [0.1, 0.15) is 5.56 Å². The standard InChI is InChI=1S/C10H9.2ClH.Zr/c1-8-4-2-5-9-6-3-7-10(8)9;;;/h2-7H,1H3;2*1H;/q-1;;;. The Morgan fingerprint density at radius 2 is 1.77 bits per heavy atom. The van der Waals surface area contributed by atoms with Gasteiger partial charge in [0.15, 0.2) is 0 Å². The molecule has 0 saturated heterocycles. The summed E-state index contributed by atoms with van der Waals surface area (Å²) in [4.78, 5) is 0. The topological polar surface area (TPSA) is 0 Å². The van der Waals surface area contributed by atoms with Crippen LogP contribution in [-0.4, -0.2) is 0 Å². The zero-order valence-electron chi connectivity index (χ0n) is 7.28. The minimum Gasteiger partial charge on any atom is -0.168 e. The molecule has 2 rings (SSSR count). The third-order valence-electron chi connectivity index (χ3n) is 1.90. The summed E-state index contributed by atoms with van der Waals surface area (Å²) in [6.45, 7) is 2.14. The molecule has 0 N–H and O–H groups in total. The first-order chi connectivity index (χ1) is 4.88. The molecule has 2 aromatic rings. The number of hydrogen-bond donors (Lipinski definition) is 0. The average molecular weight is 293 g/mol. The number of hydrogen-bond acceptors (Lipinski definition) is 0. The van der Waals surface area contributed by atoms with Gasteiger partial charge in [-0.1, -0.05) is 11.6 Å². The first-order valence-corrected chi connectivity index (χ1v) is 3.49. The van der Waals surface area contributed by atoms with Gasteiger partial charge in [-0.3, -0.25) is 0 Å². The van der Waals surface area contributed by atoms with Crippen LogP contribution in [-0.2, 0) is 26.2 Å². The minimum atomic E-state index is 0. The maximum atomic E-state index is 2.16. The van der Waals surface area contributed by atoms with E-state index in [1.165, 1.54) is 16.3 Å². The van der Waals surface area contributed by atoms with Gasteiger partial charge in [-0.2, -0.15) is 12.1 Å². The molecule has 3 heteroatoms. The zero-order chi connectivity index (χ0) is 6.97. The molecule has 0 aliphatic carbocycles. The van der Waals surface area contributed by atoms with Crippen molar-refractivity contribution >= 4 is 35.6 Å². The average Bonchev–Trinajstić information content (AvgIpc) is 2.36. The Kier molecular flexibility index (Phi) is 8.12. The number of halogens is 2. The summed E-state index contributed by atoms with van der Waals surface area (Å²) in [5.74, 6) is 0. The Balaban J connectivity index is 0. The van der Waals surface area contributed by atoms with Crippen molar-refractivity contribution in [1.82, 2.24) is 0 Å². The number of fused-ring (bicyclic) bond motifs is 1. The zero-order valence-corrected chi connectivity index (χ0v) is 11.4. The van der Waals surface area contributed by atoms with Crippen LogP contribution in [0.3, 0.4) is 0 Å². The molecular weight excluding hydrogens is 282 g/mol. The van der Waals surface area contributed by atoms with Gasteiger partial charge in [0.05, 0.1) is 0 Å². The summed E-state index contributed by atoms with van der Waals surface area (Å²) >= 11 is 0. The molecule has 0 nitrogen and oxygen atoms in total. The van der Waals surface area contributed by atoms with Gasteiger partial charge >= 0.3 is 0 Å².